The molecule has 1 aliphatic rings. The Hall–Kier alpha value is -2.78. The summed E-state index contributed by atoms with van der Waals surface area (Å²) in [6.45, 7) is 28.4. The van der Waals surface area contributed by atoms with Crippen LogP contribution >= 0.6 is 0 Å². The first-order valence-corrected chi connectivity index (χ1v) is 20.4. The zero-order valence-corrected chi connectivity index (χ0v) is 35.1. The standard InChI is InChI=1S/C49H74O3/c1-36(2)51-44(49(29-17-14-18-30-49)33-37-19-15-13-16-20-37)52-41-27-23-39(24-28-41)43(34-45(3,4)5)48(11,12)32-31-47(9,10)35-42(46(6,7)8)38-21-25-40(50)26-22-38/h13,15-16,19-28,36,42-44,50H,14,17-18,29-35H2,1-12H3. The van der Waals surface area contributed by atoms with Crippen LogP contribution in [0.2, 0.25) is 0 Å². The van der Waals surface area contributed by atoms with E-state index in [-0.39, 0.29) is 39.5 Å². The molecule has 0 aromatic heterocycles. The van der Waals surface area contributed by atoms with Crippen molar-refractivity contribution < 1.29 is 14.6 Å². The average molecular weight is 711 g/mol. The molecule has 1 saturated carbocycles. The molecule has 3 heteroatoms. The maximum absolute atomic E-state index is 9.96. The van der Waals surface area contributed by atoms with E-state index in [4.69, 9.17) is 9.47 Å². The zero-order chi connectivity index (χ0) is 38.4. The lowest BCUT2D eigenvalue weighted by atomic mass is 9.63. The molecule has 3 unspecified atom stereocenters. The first-order chi connectivity index (χ1) is 24.2. The third kappa shape index (κ3) is 12.1. The van der Waals surface area contributed by atoms with Gasteiger partial charge in [0.15, 0.2) is 0 Å². The number of phenolic OH excluding ortho intramolecular Hbond substituents is 1. The lowest BCUT2D eigenvalue weighted by Gasteiger charge is -2.44. The van der Waals surface area contributed by atoms with Crippen molar-refractivity contribution in [2.45, 2.75) is 172 Å². The summed E-state index contributed by atoms with van der Waals surface area (Å²) in [7, 11) is 0. The number of rotatable bonds is 16. The number of hydrogen-bond donors (Lipinski definition) is 1. The van der Waals surface area contributed by atoms with Gasteiger partial charge in [-0.15, -0.1) is 0 Å². The molecule has 52 heavy (non-hydrogen) atoms. The minimum absolute atomic E-state index is 0.0413. The molecule has 3 nitrogen and oxygen atoms in total. The molecule has 288 valence electrons. The number of ether oxygens (including phenoxy) is 2. The van der Waals surface area contributed by atoms with E-state index in [1.54, 1.807) is 0 Å². The van der Waals surface area contributed by atoms with Gasteiger partial charge in [-0.05, 0) is 133 Å². The molecular weight excluding hydrogens is 637 g/mol. The van der Waals surface area contributed by atoms with Crippen LogP contribution in [0, 0.1) is 27.1 Å². The van der Waals surface area contributed by atoms with Crippen LogP contribution in [-0.4, -0.2) is 17.5 Å². The molecule has 1 N–H and O–H groups in total. The van der Waals surface area contributed by atoms with Crippen LogP contribution in [0.4, 0.5) is 0 Å². The van der Waals surface area contributed by atoms with Gasteiger partial charge in [0.2, 0.25) is 6.29 Å². The van der Waals surface area contributed by atoms with Gasteiger partial charge in [-0.3, -0.25) is 0 Å². The molecule has 0 saturated heterocycles. The Bertz CT molecular complexity index is 1480. The number of aromatic hydroxyl groups is 1. The van der Waals surface area contributed by atoms with Crippen molar-refractivity contribution in [3.63, 3.8) is 0 Å². The van der Waals surface area contributed by atoms with E-state index in [0.717, 1.165) is 50.7 Å². The fourth-order valence-corrected chi connectivity index (χ4v) is 8.78. The van der Waals surface area contributed by atoms with Crippen LogP contribution < -0.4 is 4.74 Å². The largest absolute Gasteiger partial charge is 0.508 e. The minimum atomic E-state index is -0.290. The van der Waals surface area contributed by atoms with Gasteiger partial charge in [-0.1, -0.05) is 143 Å². The van der Waals surface area contributed by atoms with Crippen molar-refractivity contribution in [1.29, 1.82) is 0 Å². The molecule has 1 fully saturated rings. The Labute approximate surface area is 319 Å². The molecule has 0 bridgehead atoms. The lowest BCUT2D eigenvalue weighted by molar-refractivity contribution is -0.188. The molecule has 0 aliphatic heterocycles. The third-order valence-corrected chi connectivity index (χ3v) is 12.0. The fraction of sp³-hybridized carbons (Fsp3) is 0.633. The fourth-order valence-electron chi connectivity index (χ4n) is 8.78. The molecule has 0 heterocycles. The van der Waals surface area contributed by atoms with E-state index >= 15 is 0 Å². The third-order valence-electron chi connectivity index (χ3n) is 12.0. The van der Waals surface area contributed by atoms with E-state index in [9.17, 15) is 5.11 Å². The number of hydrogen-bond acceptors (Lipinski definition) is 3. The Morgan fingerprint density at radius 2 is 1.21 bits per heavy atom. The van der Waals surface area contributed by atoms with E-state index < -0.39 is 0 Å². The molecule has 0 amide bonds. The molecule has 0 radical (unpaired) electrons. The van der Waals surface area contributed by atoms with Crippen molar-refractivity contribution in [3.05, 3.63) is 95.6 Å². The topological polar surface area (TPSA) is 38.7 Å². The second-order valence-electron chi connectivity index (χ2n) is 20.5. The van der Waals surface area contributed by atoms with Crippen molar-refractivity contribution in [2.75, 3.05) is 0 Å². The van der Waals surface area contributed by atoms with Crippen LogP contribution in [0.1, 0.15) is 169 Å². The Kier molecular flexibility index (Phi) is 13.8. The highest BCUT2D eigenvalue weighted by atomic mass is 16.7. The first kappa shape index (κ1) is 42.0. The van der Waals surface area contributed by atoms with Crippen LogP contribution in [0.3, 0.4) is 0 Å². The Balaban J connectivity index is 1.55. The molecule has 3 atom stereocenters. The summed E-state index contributed by atoms with van der Waals surface area (Å²) in [5.74, 6) is 2.07. The SMILES string of the molecule is CC(C)OC(Oc1ccc(C(CC(C)(C)C)C(C)(C)CCC(C)(C)CC(c2ccc(O)cc2)C(C)(C)C)cc1)C1(Cc2ccccc2)CCCCC1. The first-order valence-electron chi connectivity index (χ1n) is 20.4. The summed E-state index contributed by atoms with van der Waals surface area (Å²) in [4.78, 5) is 0. The van der Waals surface area contributed by atoms with E-state index in [1.165, 1.54) is 36.0 Å². The second kappa shape index (κ2) is 17.1. The Morgan fingerprint density at radius 1 is 0.654 bits per heavy atom. The molecule has 4 rings (SSSR count). The van der Waals surface area contributed by atoms with E-state index in [2.05, 4.69) is 150 Å². The van der Waals surface area contributed by atoms with Crippen LogP contribution in [0.15, 0.2) is 78.9 Å². The van der Waals surface area contributed by atoms with Gasteiger partial charge in [0.05, 0.1) is 6.10 Å². The molecule has 1 aliphatic carbocycles. The summed E-state index contributed by atoms with van der Waals surface area (Å²) in [6, 6.07) is 28.0. The minimum Gasteiger partial charge on any atom is -0.508 e. The van der Waals surface area contributed by atoms with Gasteiger partial charge in [-0.2, -0.15) is 0 Å². The van der Waals surface area contributed by atoms with E-state index in [0.29, 0.717) is 17.6 Å². The van der Waals surface area contributed by atoms with Crippen LogP contribution in [0.25, 0.3) is 0 Å². The van der Waals surface area contributed by atoms with Gasteiger partial charge in [-0.25, -0.2) is 0 Å². The van der Waals surface area contributed by atoms with E-state index in [1.807, 2.05) is 12.1 Å². The summed E-state index contributed by atoms with van der Waals surface area (Å²) >= 11 is 0. The van der Waals surface area contributed by atoms with Crippen molar-refractivity contribution in [2.24, 2.45) is 27.1 Å². The van der Waals surface area contributed by atoms with Crippen LogP contribution in [-0.2, 0) is 11.2 Å². The molecule has 0 spiro atoms. The molecule has 3 aromatic rings. The zero-order valence-electron chi connectivity index (χ0n) is 35.1. The van der Waals surface area contributed by atoms with Gasteiger partial charge in [0, 0.05) is 5.41 Å². The highest BCUT2D eigenvalue weighted by molar-refractivity contribution is 5.32. The summed E-state index contributed by atoms with van der Waals surface area (Å²) in [5.41, 5.74) is 4.64. The highest BCUT2D eigenvalue weighted by Gasteiger charge is 2.43. The molecular formula is C49H74O3. The van der Waals surface area contributed by atoms with Gasteiger partial charge in [0.1, 0.15) is 11.5 Å². The summed E-state index contributed by atoms with van der Waals surface area (Å²) < 4.78 is 13.6. The summed E-state index contributed by atoms with van der Waals surface area (Å²) in [6.07, 6.45) is 11.3. The maximum atomic E-state index is 9.96. The monoisotopic (exact) mass is 711 g/mol. The van der Waals surface area contributed by atoms with Gasteiger partial charge >= 0.3 is 0 Å². The number of phenols is 1. The molecule has 3 aromatic carbocycles. The highest BCUT2D eigenvalue weighted by Crippen LogP contribution is 2.51. The van der Waals surface area contributed by atoms with Crippen LogP contribution in [0.5, 0.6) is 11.5 Å². The second-order valence-corrected chi connectivity index (χ2v) is 20.5. The Morgan fingerprint density at radius 3 is 1.75 bits per heavy atom. The average Bonchev–Trinajstić information content (AvgIpc) is 3.06. The lowest BCUT2D eigenvalue weighted by Crippen LogP contribution is -2.45. The smallest absolute Gasteiger partial charge is 0.206 e. The van der Waals surface area contributed by atoms with Crippen molar-refractivity contribution in [1.82, 2.24) is 0 Å². The van der Waals surface area contributed by atoms with Gasteiger partial charge < -0.3 is 14.6 Å². The summed E-state index contributed by atoms with van der Waals surface area (Å²) in [5, 5.41) is 9.96. The predicted octanol–water partition coefficient (Wildman–Crippen LogP) is 14.3. The van der Waals surface area contributed by atoms with Gasteiger partial charge in [0.25, 0.3) is 0 Å². The quantitative estimate of drug-likeness (QED) is 0.150. The van der Waals surface area contributed by atoms with Crippen molar-refractivity contribution in [3.8, 4) is 11.5 Å². The van der Waals surface area contributed by atoms with Crippen molar-refractivity contribution >= 4 is 0 Å². The number of benzene rings is 3. The normalized spacial score (nSPS) is 17.5. The predicted molar refractivity (Wildman–Crippen MR) is 221 cm³/mol. The maximum Gasteiger partial charge on any atom is 0.206 e.